The molecule has 2 rings (SSSR count). The number of nitrogens with zero attached hydrogens (tertiary/aromatic N) is 1. The molecular weight excluding hydrogens is 288 g/mol. The minimum absolute atomic E-state index is 0.0851. The standard InChI is InChI=1S/C16H13F2N3O/c17-12-7-4-8-13(18)15(12)20-10-9-14(19)21-16(22)11-5-2-1-3-6-11/h1-10,20H,(H2,19,21,22)/b10-9-. The van der Waals surface area contributed by atoms with Gasteiger partial charge in [-0.1, -0.05) is 24.3 Å². The number of nitrogens with two attached hydrogens (primary N) is 1. The predicted molar refractivity (Wildman–Crippen MR) is 81.5 cm³/mol. The lowest BCUT2D eigenvalue weighted by Gasteiger charge is -2.03. The molecule has 0 unspecified atom stereocenters. The molecule has 0 saturated heterocycles. The van der Waals surface area contributed by atoms with Gasteiger partial charge in [-0.3, -0.25) is 4.79 Å². The highest BCUT2D eigenvalue weighted by Crippen LogP contribution is 2.17. The largest absolute Gasteiger partial charge is 0.384 e. The summed E-state index contributed by atoms with van der Waals surface area (Å²) in [6.07, 6.45) is 2.45. The highest BCUT2D eigenvalue weighted by Gasteiger charge is 2.06. The van der Waals surface area contributed by atoms with Crippen molar-refractivity contribution in [1.82, 2.24) is 0 Å². The van der Waals surface area contributed by atoms with E-state index >= 15 is 0 Å². The van der Waals surface area contributed by atoms with Crippen molar-refractivity contribution >= 4 is 17.4 Å². The molecule has 0 aliphatic rings. The van der Waals surface area contributed by atoms with Gasteiger partial charge >= 0.3 is 0 Å². The van der Waals surface area contributed by atoms with Gasteiger partial charge in [-0.05, 0) is 30.3 Å². The third kappa shape index (κ3) is 3.99. The molecule has 0 aromatic heterocycles. The normalized spacial score (nSPS) is 11.6. The lowest BCUT2D eigenvalue weighted by Crippen LogP contribution is -2.12. The van der Waals surface area contributed by atoms with E-state index in [1.54, 1.807) is 30.3 Å². The van der Waals surface area contributed by atoms with Gasteiger partial charge in [0.05, 0.1) is 0 Å². The number of benzene rings is 2. The van der Waals surface area contributed by atoms with Crippen molar-refractivity contribution in [2.24, 2.45) is 10.7 Å². The number of amides is 1. The molecular formula is C16H13F2N3O. The summed E-state index contributed by atoms with van der Waals surface area (Å²) in [7, 11) is 0. The second-order valence-corrected chi connectivity index (χ2v) is 4.28. The molecule has 6 heteroatoms. The van der Waals surface area contributed by atoms with Crippen molar-refractivity contribution in [2.45, 2.75) is 0 Å². The zero-order valence-electron chi connectivity index (χ0n) is 11.5. The Morgan fingerprint density at radius 2 is 1.68 bits per heavy atom. The van der Waals surface area contributed by atoms with E-state index in [0.717, 1.165) is 12.1 Å². The number of aliphatic imine (C=N–C) groups is 1. The smallest absolute Gasteiger partial charge is 0.278 e. The Labute approximate surface area is 126 Å². The molecule has 0 bridgehead atoms. The molecule has 0 aliphatic heterocycles. The number of carbonyl (C=O) groups excluding carboxylic acids is 1. The van der Waals surface area contributed by atoms with Crippen LogP contribution in [0.4, 0.5) is 14.5 Å². The van der Waals surface area contributed by atoms with Crippen LogP contribution in [0.15, 0.2) is 65.8 Å². The Morgan fingerprint density at radius 1 is 1.05 bits per heavy atom. The third-order valence-corrected chi connectivity index (χ3v) is 2.70. The lowest BCUT2D eigenvalue weighted by atomic mass is 10.2. The molecule has 1 amide bonds. The van der Waals surface area contributed by atoms with Crippen molar-refractivity contribution < 1.29 is 13.6 Å². The quantitative estimate of drug-likeness (QED) is 0.673. The Bertz CT molecular complexity index is 707. The van der Waals surface area contributed by atoms with Crippen molar-refractivity contribution in [3.05, 3.63) is 78.0 Å². The first kappa shape index (κ1) is 15.4. The molecule has 112 valence electrons. The second kappa shape index (κ2) is 7.12. The Balaban J connectivity index is 2.04. The molecule has 0 fully saturated rings. The van der Waals surface area contributed by atoms with Gasteiger partial charge in [0.2, 0.25) is 0 Å². The summed E-state index contributed by atoms with van der Waals surface area (Å²) < 4.78 is 26.7. The number of halogens is 2. The molecule has 22 heavy (non-hydrogen) atoms. The van der Waals surface area contributed by atoms with E-state index in [9.17, 15) is 13.6 Å². The first-order valence-corrected chi connectivity index (χ1v) is 6.38. The van der Waals surface area contributed by atoms with Gasteiger partial charge in [0, 0.05) is 11.8 Å². The minimum atomic E-state index is -0.736. The van der Waals surface area contributed by atoms with E-state index in [1.807, 2.05) is 0 Å². The number of anilines is 1. The average molecular weight is 301 g/mol. The molecule has 0 aliphatic carbocycles. The van der Waals surface area contributed by atoms with E-state index in [2.05, 4.69) is 10.3 Å². The average Bonchev–Trinajstić information content (AvgIpc) is 2.51. The second-order valence-electron chi connectivity index (χ2n) is 4.28. The van der Waals surface area contributed by atoms with Gasteiger partial charge in [0.15, 0.2) is 0 Å². The Hall–Kier alpha value is -3.02. The van der Waals surface area contributed by atoms with Gasteiger partial charge in [-0.15, -0.1) is 0 Å². The maximum Gasteiger partial charge on any atom is 0.278 e. The number of amidine groups is 1. The van der Waals surface area contributed by atoms with Crippen LogP contribution in [0.2, 0.25) is 0 Å². The highest BCUT2D eigenvalue weighted by molar-refractivity contribution is 6.06. The van der Waals surface area contributed by atoms with Crippen LogP contribution in [0.1, 0.15) is 10.4 Å². The summed E-state index contributed by atoms with van der Waals surface area (Å²) in [5, 5.41) is 2.42. The van der Waals surface area contributed by atoms with Crippen LogP contribution in [0, 0.1) is 11.6 Å². The van der Waals surface area contributed by atoms with Gasteiger partial charge < -0.3 is 11.1 Å². The van der Waals surface area contributed by atoms with Gasteiger partial charge in [0.1, 0.15) is 23.2 Å². The number of para-hydroxylation sites is 1. The predicted octanol–water partition coefficient (Wildman–Crippen LogP) is 3.09. The van der Waals surface area contributed by atoms with Crippen LogP contribution >= 0.6 is 0 Å². The molecule has 2 aromatic carbocycles. The van der Waals surface area contributed by atoms with Crippen LogP contribution in [0.25, 0.3) is 0 Å². The van der Waals surface area contributed by atoms with E-state index < -0.39 is 17.5 Å². The molecule has 0 spiro atoms. The van der Waals surface area contributed by atoms with E-state index in [-0.39, 0.29) is 11.5 Å². The monoisotopic (exact) mass is 301 g/mol. The maximum atomic E-state index is 13.4. The summed E-state index contributed by atoms with van der Waals surface area (Å²) in [6, 6.07) is 11.9. The summed E-state index contributed by atoms with van der Waals surface area (Å²) in [6.45, 7) is 0. The summed E-state index contributed by atoms with van der Waals surface area (Å²) in [4.78, 5) is 15.4. The van der Waals surface area contributed by atoms with Crippen molar-refractivity contribution in [3.8, 4) is 0 Å². The number of carbonyl (C=O) groups is 1. The zero-order valence-corrected chi connectivity index (χ0v) is 11.5. The van der Waals surface area contributed by atoms with E-state index in [1.165, 1.54) is 18.3 Å². The van der Waals surface area contributed by atoms with Crippen LogP contribution in [0.3, 0.4) is 0 Å². The maximum absolute atomic E-state index is 13.4. The number of hydrogen-bond acceptors (Lipinski definition) is 2. The van der Waals surface area contributed by atoms with Gasteiger partial charge in [-0.2, -0.15) is 4.99 Å². The molecule has 4 nitrogen and oxygen atoms in total. The molecule has 0 radical (unpaired) electrons. The van der Waals surface area contributed by atoms with Crippen LogP contribution < -0.4 is 11.1 Å². The highest BCUT2D eigenvalue weighted by atomic mass is 19.1. The fourth-order valence-electron chi connectivity index (χ4n) is 1.65. The Kier molecular flexibility index (Phi) is 4.98. The third-order valence-electron chi connectivity index (χ3n) is 2.70. The molecule has 0 saturated carbocycles. The van der Waals surface area contributed by atoms with E-state index in [4.69, 9.17) is 5.73 Å². The van der Waals surface area contributed by atoms with Crippen LogP contribution in [-0.4, -0.2) is 11.7 Å². The summed E-state index contributed by atoms with van der Waals surface area (Å²) in [5.74, 6) is -2.06. The van der Waals surface area contributed by atoms with Crippen molar-refractivity contribution in [1.29, 1.82) is 0 Å². The first-order chi connectivity index (χ1) is 10.6. The minimum Gasteiger partial charge on any atom is -0.384 e. The first-order valence-electron chi connectivity index (χ1n) is 6.38. The van der Waals surface area contributed by atoms with Crippen molar-refractivity contribution in [3.63, 3.8) is 0 Å². The summed E-state index contributed by atoms with van der Waals surface area (Å²) >= 11 is 0. The van der Waals surface area contributed by atoms with Crippen LogP contribution in [0.5, 0.6) is 0 Å². The molecule has 2 aromatic rings. The topological polar surface area (TPSA) is 67.5 Å². The Morgan fingerprint density at radius 3 is 2.32 bits per heavy atom. The van der Waals surface area contributed by atoms with Gasteiger partial charge in [0.25, 0.3) is 5.91 Å². The number of hydrogen-bond donors (Lipinski definition) is 2. The lowest BCUT2D eigenvalue weighted by molar-refractivity contribution is 0.100. The molecule has 0 heterocycles. The number of rotatable bonds is 4. The van der Waals surface area contributed by atoms with Gasteiger partial charge in [-0.25, -0.2) is 8.78 Å². The SMILES string of the molecule is NC(/C=C\Nc1c(F)cccc1F)=NC(=O)c1ccccc1. The zero-order chi connectivity index (χ0) is 15.9. The summed E-state index contributed by atoms with van der Waals surface area (Å²) in [5.41, 5.74) is 5.66. The van der Waals surface area contributed by atoms with Crippen LogP contribution in [-0.2, 0) is 0 Å². The van der Waals surface area contributed by atoms with Crippen molar-refractivity contribution in [2.75, 3.05) is 5.32 Å². The fourth-order valence-corrected chi connectivity index (χ4v) is 1.65. The fraction of sp³-hybridized carbons (Fsp3) is 0. The molecule has 3 N–H and O–H groups in total. The molecule has 0 atom stereocenters. The number of nitrogens with one attached hydrogen (secondary N) is 1. The van der Waals surface area contributed by atoms with E-state index in [0.29, 0.717) is 5.56 Å².